The molecule has 96 valence electrons. The van der Waals surface area contributed by atoms with Gasteiger partial charge in [-0.3, -0.25) is 4.79 Å². The van der Waals surface area contributed by atoms with Crippen LogP contribution in [0.1, 0.15) is 24.8 Å². The van der Waals surface area contributed by atoms with Gasteiger partial charge in [0, 0.05) is 19.0 Å². The smallest absolute Gasteiger partial charge is 0.220 e. The molecule has 1 fully saturated rings. The number of rotatable bonds is 4. The minimum absolute atomic E-state index is 0. The number of carbonyl (C=O) groups excluding carboxylic acids is 1. The average Bonchev–Trinajstić information content (AvgIpc) is 2.81. The molecular weight excluding hydrogens is 256 g/mol. The number of thiophene rings is 1. The van der Waals surface area contributed by atoms with Crippen LogP contribution in [0.4, 0.5) is 0 Å². The van der Waals surface area contributed by atoms with Crippen LogP contribution in [0.5, 0.6) is 0 Å². The Kier molecular flexibility index (Phi) is 6.55. The fourth-order valence-corrected chi connectivity index (χ4v) is 2.67. The zero-order valence-corrected chi connectivity index (χ0v) is 11.4. The Morgan fingerprint density at radius 2 is 2.47 bits per heavy atom. The average molecular weight is 275 g/mol. The van der Waals surface area contributed by atoms with Gasteiger partial charge in [0.25, 0.3) is 0 Å². The number of carbonyl (C=O) groups is 1. The summed E-state index contributed by atoms with van der Waals surface area (Å²) in [4.78, 5) is 11.7. The molecule has 0 aromatic carbocycles. The normalized spacial score (nSPS) is 19.4. The maximum absolute atomic E-state index is 11.7. The minimum Gasteiger partial charge on any atom is -0.352 e. The van der Waals surface area contributed by atoms with Crippen molar-refractivity contribution in [1.29, 1.82) is 0 Å². The molecular formula is C12H19ClN2OS. The molecule has 1 saturated heterocycles. The lowest BCUT2D eigenvalue weighted by Crippen LogP contribution is -2.45. The van der Waals surface area contributed by atoms with Gasteiger partial charge in [0.1, 0.15) is 0 Å². The Morgan fingerprint density at radius 3 is 3.12 bits per heavy atom. The summed E-state index contributed by atoms with van der Waals surface area (Å²) in [6.45, 7) is 2.01. The van der Waals surface area contributed by atoms with Crippen LogP contribution < -0.4 is 10.6 Å². The van der Waals surface area contributed by atoms with Crippen molar-refractivity contribution < 1.29 is 4.79 Å². The Hall–Kier alpha value is -0.580. The van der Waals surface area contributed by atoms with Crippen LogP contribution in [0.25, 0.3) is 0 Å². The fourth-order valence-electron chi connectivity index (χ4n) is 1.97. The van der Waals surface area contributed by atoms with Gasteiger partial charge in [0.2, 0.25) is 5.91 Å². The standard InChI is InChI=1S/C12H18N2OS.ClH/c15-12(4-3-10-5-7-16-9-10)14-11-2-1-6-13-8-11;/h5,7,9,11,13H,1-4,6,8H2,(H,14,15);1H/t11-;/m0./s1. The summed E-state index contributed by atoms with van der Waals surface area (Å²) in [7, 11) is 0. The van der Waals surface area contributed by atoms with Gasteiger partial charge in [-0.15, -0.1) is 12.4 Å². The van der Waals surface area contributed by atoms with E-state index < -0.39 is 0 Å². The number of nitrogens with one attached hydrogen (secondary N) is 2. The van der Waals surface area contributed by atoms with Crippen molar-refractivity contribution in [3.8, 4) is 0 Å². The molecule has 5 heteroatoms. The van der Waals surface area contributed by atoms with Gasteiger partial charge in [0.05, 0.1) is 0 Å². The molecule has 1 aliphatic heterocycles. The SMILES string of the molecule is Cl.O=C(CCc1ccsc1)N[C@H]1CCCNC1. The van der Waals surface area contributed by atoms with Gasteiger partial charge < -0.3 is 10.6 Å². The third kappa shape index (κ3) is 5.06. The summed E-state index contributed by atoms with van der Waals surface area (Å²) >= 11 is 1.69. The van der Waals surface area contributed by atoms with Crippen molar-refractivity contribution in [1.82, 2.24) is 10.6 Å². The zero-order chi connectivity index (χ0) is 11.2. The second kappa shape index (κ2) is 7.69. The van der Waals surface area contributed by atoms with Crippen LogP contribution in [-0.4, -0.2) is 25.0 Å². The fraction of sp³-hybridized carbons (Fsp3) is 0.583. The van der Waals surface area contributed by atoms with Crippen LogP contribution in [0.2, 0.25) is 0 Å². The molecule has 0 spiro atoms. The summed E-state index contributed by atoms with van der Waals surface area (Å²) < 4.78 is 0. The van der Waals surface area contributed by atoms with Crippen molar-refractivity contribution in [2.24, 2.45) is 0 Å². The van der Waals surface area contributed by atoms with Crippen LogP contribution in [0.3, 0.4) is 0 Å². The Morgan fingerprint density at radius 1 is 1.59 bits per heavy atom. The van der Waals surface area contributed by atoms with E-state index >= 15 is 0 Å². The first-order chi connectivity index (χ1) is 7.84. The van der Waals surface area contributed by atoms with Crippen molar-refractivity contribution >= 4 is 29.7 Å². The molecule has 2 N–H and O–H groups in total. The largest absolute Gasteiger partial charge is 0.352 e. The molecule has 1 amide bonds. The third-order valence-corrected chi connectivity index (χ3v) is 3.61. The van der Waals surface area contributed by atoms with Gasteiger partial charge in [-0.1, -0.05) is 0 Å². The first kappa shape index (κ1) is 14.5. The summed E-state index contributed by atoms with van der Waals surface area (Å²) in [5.74, 6) is 0.180. The van der Waals surface area contributed by atoms with Gasteiger partial charge >= 0.3 is 0 Å². The number of hydrogen-bond donors (Lipinski definition) is 2. The van der Waals surface area contributed by atoms with Crippen LogP contribution >= 0.6 is 23.7 Å². The Balaban J connectivity index is 0.00000144. The minimum atomic E-state index is 0. The summed E-state index contributed by atoms with van der Waals surface area (Å²) in [6.07, 6.45) is 3.73. The molecule has 0 radical (unpaired) electrons. The first-order valence-corrected chi connectivity index (χ1v) is 6.80. The lowest BCUT2D eigenvalue weighted by atomic mass is 10.1. The highest BCUT2D eigenvalue weighted by Crippen LogP contribution is 2.08. The first-order valence-electron chi connectivity index (χ1n) is 5.86. The molecule has 2 heterocycles. The molecule has 1 atom stereocenters. The van der Waals surface area contributed by atoms with E-state index in [0.717, 1.165) is 32.4 Å². The number of halogens is 1. The predicted molar refractivity (Wildman–Crippen MR) is 73.9 cm³/mol. The number of hydrogen-bond acceptors (Lipinski definition) is 3. The molecule has 1 aliphatic rings. The second-order valence-corrected chi connectivity index (χ2v) is 5.02. The molecule has 17 heavy (non-hydrogen) atoms. The van der Waals surface area contributed by atoms with Gasteiger partial charge in [0.15, 0.2) is 0 Å². The molecule has 2 rings (SSSR count). The van der Waals surface area contributed by atoms with E-state index in [4.69, 9.17) is 0 Å². The highest BCUT2D eigenvalue weighted by Gasteiger charge is 2.14. The molecule has 1 aromatic rings. The molecule has 0 bridgehead atoms. The van der Waals surface area contributed by atoms with E-state index in [2.05, 4.69) is 27.5 Å². The number of aryl methyl sites for hydroxylation is 1. The van der Waals surface area contributed by atoms with Crippen molar-refractivity contribution in [2.45, 2.75) is 31.7 Å². The number of piperidine rings is 1. The third-order valence-electron chi connectivity index (χ3n) is 2.88. The van der Waals surface area contributed by atoms with Gasteiger partial charge in [-0.2, -0.15) is 11.3 Å². The summed E-state index contributed by atoms with van der Waals surface area (Å²) in [5.41, 5.74) is 1.27. The topological polar surface area (TPSA) is 41.1 Å². The Bertz CT molecular complexity index is 323. The lowest BCUT2D eigenvalue weighted by molar-refractivity contribution is -0.121. The molecule has 1 aromatic heterocycles. The van der Waals surface area contributed by atoms with E-state index in [1.807, 2.05) is 0 Å². The maximum Gasteiger partial charge on any atom is 0.220 e. The van der Waals surface area contributed by atoms with Crippen LogP contribution in [0.15, 0.2) is 16.8 Å². The quantitative estimate of drug-likeness (QED) is 0.881. The van der Waals surface area contributed by atoms with E-state index in [9.17, 15) is 4.79 Å². The molecule has 0 saturated carbocycles. The van der Waals surface area contributed by atoms with Gasteiger partial charge in [-0.05, 0) is 48.2 Å². The van der Waals surface area contributed by atoms with Crippen molar-refractivity contribution in [2.75, 3.05) is 13.1 Å². The van der Waals surface area contributed by atoms with Crippen molar-refractivity contribution in [3.05, 3.63) is 22.4 Å². The monoisotopic (exact) mass is 274 g/mol. The van der Waals surface area contributed by atoms with E-state index in [-0.39, 0.29) is 18.3 Å². The zero-order valence-electron chi connectivity index (χ0n) is 9.78. The predicted octanol–water partition coefficient (Wildman–Crippen LogP) is 1.97. The maximum atomic E-state index is 11.7. The van der Waals surface area contributed by atoms with Crippen LogP contribution in [0, 0.1) is 0 Å². The van der Waals surface area contributed by atoms with E-state index in [1.54, 1.807) is 11.3 Å². The Labute approximate surface area is 112 Å². The molecule has 0 aliphatic carbocycles. The van der Waals surface area contributed by atoms with Gasteiger partial charge in [-0.25, -0.2) is 0 Å². The summed E-state index contributed by atoms with van der Waals surface area (Å²) in [5, 5.41) is 10.5. The van der Waals surface area contributed by atoms with E-state index in [1.165, 1.54) is 5.56 Å². The molecule has 0 unspecified atom stereocenters. The number of amides is 1. The van der Waals surface area contributed by atoms with E-state index in [0.29, 0.717) is 12.5 Å². The molecule has 3 nitrogen and oxygen atoms in total. The summed E-state index contributed by atoms with van der Waals surface area (Å²) in [6, 6.07) is 2.42. The van der Waals surface area contributed by atoms with Crippen LogP contribution in [-0.2, 0) is 11.2 Å². The highest BCUT2D eigenvalue weighted by molar-refractivity contribution is 7.07. The lowest BCUT2D eigenvalue weighted by Gasteiger charge is -2.23. The highest BCUT2D eigenvalue weighted by atomic mass is 35.5. The van der Waals surface area contributed by atoms with Crippen molar-refractivity contribution in [3.63, 3.8) is 0 Å². The second-order valence-electron chi connectivity index (χ2n) is 4.24.